The number of hydrogen-bond acceptors (Lipinski definition) is 3. The Morgan fingerprint density at radius 3 is 2.89 bits per heavy atom. The molecular weight excluding hydrogens is 230 g/mol. The standard InChI is InChI=1S/C13H13N3O2/c1-7(11-12(17)16-13(14)18-11)9-6-15-10-5-3-2-4-8(9)10/h2-7,11,15H,1H3,(H2,14,16,17)/t7-,11-/m1/s1. The van der Waals surface area contributed by atoms with Crippen molar-refractivity contribution in [3.8, 4) is 0 Å². The van der Waals surface area contributed by atoms with E-state index in [9.17, 15) is 4.79 Å². The van der Waals surface area contributed by atoms with Crippen LogP contribution in [0.5, 0.6) is 0 Å². The zero-order valence-electron chi connectivity index (χ0n) is 9.86. The van der Waals surface area contributed by atoms with Crippen molar-refractivity contribution < 1.29 is 9.53 Å². The van der Waals surface area contributed by atoms with E-state index in [-0.39, 0.29) is 17.8 Å². The van der Waals surface area contributed by atoms with Gasteiger partial charge in [0, 0.05) is 23.0 Å². The molecule has 5 heteroatoms. The van der Waals surface area contributed by atoms with E-state index in [0.29, 0.717) is 0 Å². The van der Waals surface area contributed by atoms with Crippen LogP contribution in [0.2, 0.25) is 0 Å². The fourth-order valence-electron chi connectivity index (χ4n) is 2.36. The number of fused-ring (bicyclic) bond motifs is 1. The van der Waals surface area contributed by atoms with E-state index >= 15 is 0 Å². The first-order valence-corrected chi connectivity index (χ1v) is 5.79. The summed E-state index contributed by atoms with van der Waals surface area (Å²) < 4.78 is 5.22. The van der Waals surface area contributed by atoms with Crippen molar-refractivity contribution in [2.24, 2.45) is 0 Å². The molecule has 0 aliphatic carbocycles. The molecule has 0 saturated carbocycles. The number of carbonyl (C=O) groups is 1. The summed E-state index contributed by atoms with van der Waals surface area (Å²) in [6, 6.07) is 7.75. The molecule has 1 aromatic carbocycles. The minimum atomic E-state index is -0.628. The van der Waals surface area contributed by atoms with Gasteiger partial charge in [-0.15, -0.1) is 0 Å². The molecule has 0 radical (unpaired) electrons. The van der Waals surface area contributed by atoms with Gasteiger partial charge in [0.05, 0.1) is 0 Å². The number of H-pyrrole nitrogens is 1. The van der Waals surface area contributed by atoms with Crippen molar-refractivity contribution in [3.63, 3.8) is 0 Å². The molecule has 1 aliphatic rings. The molecule has 3 N–H and O–H groups in total. The Morgan fingerprint density at radius 1 is 1.39 bits per heavy atom. The van der Waals surface area contributed by atoms with E-state index in [1.54, 1.807) is 0 Å². The third kappa shape index (κ3) is 1.55. The van der Waals surface area contributed by atoms with Crippen molar-refractivity contribution in [3.05, 3.63) is 36.0 Å². The van der Waals surface area contributed by atoms with Crippen LogP contribution >= 0.6 is 0 Å². The van der Waals surface area contributed by atoms with Gasteiger partial charge in [-0.1, -0.05) is 25.1 Å². The van der Waals surface area contributed by atoms with Gasteiger partial charge in [0.2, 0.25) is 0 Å². The topological polar surface area (TPSA) is 78.0 Å². The fourth-order valence-corrected chi connectivity index (χ4v) is 2.36. The predicted molar refractivity (Wildman–Crippen MR) is 67.5 cm³/mol. The Hall–Kier alpha value is -2.30. The first kappa shape index (κ1) is 10.8. The molecule has 1 saturated heterocycles. The first-order chi connectivity index (χ1) is 8.66. The highest BCUT2D eigenvalue weighted by Crippen LogP contribution is 2.30. The zero-order valence-corrected chi connectivity index (χ0v) is 9.86. The minimum absolute atomic E-state index is 0.107. The van der Waals surface area contributed by atoms with Gasteiger partial charge in [-0.3, -0.25) is 15.5 Å². The second kappa shape index (κ2) is 3.87. The summed E-state index contributed by atoms with van der Waals surface area (Å²) in [5.74, 6) is -0.359. The van der Waals surface area contributed by atoms with E-state index in [1.807, 2.05) is 37.4 Å². The summed E-state index contributed by atoms with van der Waals surface area (Å²) in [6.07, 6.45) is 1.27. The van der Waals surface area contributed by atoms with Crippen LogP contribution in [0.4, 0.5) is 0 Å². The van der Waals surface area contributed by atoms with Gasteiger partial charge in [0.25, 0.3) is 11.9 Å². The highest BCUT2D eigenvalue weighted by Gasteiger charge is 2.36. The third-order valence-electron chi connectivity index (χ3n) is 3.31. The lowest BCUT2D eigenvalue weighted by molar-refractivity contribution is -0.124. The van der Waals surface area contributed by atoms with Gasteiger partial charge in [-0.2, -0.15) is 0 Å². The maximum Gasteiger partial charge on any atom is 0.289 e. The summed E-state index contributed by atoms with van der Waals surface area (Å²) in [6.45, 7) is 1.93. The summed E-state index contributed by atoms with van der Waals surface area (Å²) in [5.41, 5.74) is 2.06. The van der Waals surface area contributed by atoms with Crippen molar-refractivity contribution >= 4 is 22.8 Å². The average Bonchev–Trinajstić information content (AvgIpc) is 2.92. The van der Waals surface area contributed by atoms with Gasteiger partial charge in [-0.05, 0) is 11.6 Å². The number of rotatable bonds is 2. The van der Waals surface area contributed by atoms with E-state index in [2.05, 4.69) is 10.3 Å². The average molecular weight is 243 g/mol. The molecule has 0 spiro atoms. The molecule has 1 fully saturated rings. The number of ether oxygens (including phenoxy) is 1. The number of amides is 1. The lowest BCUT2D eigenvalue weighted by Gasteiger charge is -2.15. The Morgan fingerprint density at radius 2 is 2.17 bits per heavy atom. The van der Waals surface area contributed by atoms with Crippen LogP contribution < -0.4 is 5.32 Å². The maximum atomic E-state index is 11.7. The number of para-hydroxylation sites is 1. The second-order valence-electron chi connectivity index (χ2n) is 4.44. The number of amidine groups is 1. The molecular formula is C13H13N3O2. The predicted octanol–water partition coefficient (Wildman–Crippen LogP) is 1.72. The van der Waals surface area contributed by atoms with E-state index in [4.69, 9.17) is 10.1 Å². The first-order valence-electron chi connectivity index (χ1n) is 5.79. The van der Waals surface area contributed by atoms with Gasteiger partial charge >= 0.3 is 0 Å². The van der Waals surface area contributed by atoms with Crippen molar-refractivity contribution in [1.29, 1.82) is 5.41 Å². The Kier molecular flexibility index (Phi) is 2.33. The van der Waals surface area contributed by atoms with Crippen LogP contribution in [0.1, 0.15) is 18.4 Å². The number of carbonyl (C=O) groups excluding carboxylic acids is 1. The van der Waals surface area contributed by atoms with Crippen molar-refractivity contribution in [2.45, 2.75) is 18.9 Å². The van der Waals surface area contributed by atoms with Crippen LogP contribution in [0, 0.1) is 5.41 Å². The number of aromatic nitrogens is 1. The van der Waals surface area contributed by atoms with E-state index in [1.165, 1.54) is 0 Å². The molecule has 5 nitrogen and oxygen atoms in total. The molecule has 92 valence electrons. The summed E-state index contributed by atoms with van der Waals surface area (Å²) in [7, 11) is 0. The van der Waals surface area contributed by atoms with E-state index in [0.717, 1.165) is 16.5 Å². The van der Waals surface area contributed by atoms with Crippen LogP contribution in [-0.4, -0.2) is 23.0 Å². The van der Waals surface area contributed by atoms with E-state index < -0.39 is 6.10 Å². The van der Waals surface area contributed by atoms with Crippen LogP contribution in [0.3, 0.4) is 0 Å². The number of aromatic amines is 1. The van der Waals surface area contributed by atoms with Crippen LogP contribution in [0.25, 0.3) is 10.9 Å². The highest BCUT2D eigenvalue weighted by atomic mass is 16.5. The molecule has 1 amide bonds. The maximum absolute atomic E-state index is 11.7. The van der Waals surface area contributed by atoms with Crippen LogP contribution in [0.15, 0.2) is 30.5 Å². The summed E-state index contributed by atoms with van der Waals surface area (Å²) in [5, 5.41) is 10.8. The molecule has 3 rings (SSSR count). The van der Waals surface area contributed by atoms with Gasteiger partial charge in [0.15, 0.2) is 6.10 Å². The third-order valence-corrected chi connectivity index (χ3v) is 3.31. The molecule has 2 aromatic rings. The Bertz CT molecular complexity index is 632. The molecule has 2 heterocycles. The quantitative estimate of drug-likeness (QED) is 0.751. The number of hydrogen-bond donors (Lipinski definition) is 3. The highest BCUT2D eigenvalue weighted by molar-refractivity contribution is 6.01. The lowest BCUT2D eigenvalue weighted by atomic mass is 9.94. The Balaban J connectivity index is 1.99. The normalized spacial score (nSPS) is 20.8. The largest absolute Gasteiger partial charge is 0.451 e. The number of nitrogens with one attached hydrogen (secondary N) is 3. The SMILES string of the molecule is C[C@H](c1c[nH]c2ccccc12)[C@H]1OC(=N)NC1=O. The van der Waals surface area contributed by atoms with Gasteiger partial charge < -0.3 is 9.72 Å². The molecule has 18 heavy (non-hydrogen) atoms. The number of benzene rings is 1. The molecule has 0 unspecified atom stereocenters. The van der Waals surface area contributed by atoms with Crippen LogP contribution in [-0.2, 0) is 9.53 Å². The lowest BCUT2D eigenvalue weighted by Crippen LogP contribution is -2.28. The summed E-state index contributed by atoms with van der Waals surface area (Å²) >= 11 is 0. The smallest absolute Gasteiger partial charge is 0.289 e. The minimum Gasteiger partial charge on any atom is -0.451 e. The second-order valence-corrected chi connectivity index (χ2v) is 4.44. The molecule has 1 aliphatic heterocycles. The summed E-state index contributed by atoms with van der Waals surface area (Å²) in [4.78, 5) is 14.8. The van der Waals surface area contributed by atoms with Gasteiger partial charge in [-0.25, -0.2) is 0 Å². The van der Waals surface area contributed by atoms with Crippen molar-refractivity contribution in [1.82, 2.24) is 10.3 Å². The fraction of sp³-hybridized carbons (Fsp3) is 0.231. The molecule has 2 atom stereocenters. The monoisotopic (exact) mass is 243 g/mol. The molecule has 0 bridgehead atoms. The Labute approximate surface area is 104 Å². The zero-order chi connectivity index (χ0) is 12.7. The van der Waals surface area contributed by atoms with Gasteiger partial charge in [0.1, 0.15) is 0 Å². The molecule has 1 aromatic heterocycles. The van der Waals surface area contributed by atoms with Crippen molar-refractivity contribution in [2.75, 3.05) is 0 Å².